The molecule has 0 bridgehead atoms. The highest BCUT2D eigenvalue weighted by Gasteiger charge is 2.18. The van der Waals surface area contributed by atoms with E-state index < -0.39 is 0 Å². The summed E-state index contributed by atoms with van der Waals surface area (Å²) in [6, 6.07) is 7.56. The molecule has 1 aromatic carbocycles. The third-order valence-corrected chi connectivity index (χ3v) is 5.29. The van der Waals surface area contributed by atoms with Crippen LogP contribution in [-0.4, -0.2) is 46.2 Å². The molecule has 1 N–H and O–H groups in total. The molecule has 0 spiro atoms. The molecule has 1 fully saturated rings. The summed E-state index contributed by atoms with van der Waals surface area (Å²) in [7, 11) is 0. The van der Waals surface area contributed by atoms with Crippen molar-refractivity contribution in [2.24, 2.45) is 5.92 Å². The van der Waals surface area contributed by atoms with Crippen LogP contribution in [0, 0.1) is 5.92 Å². The maximum atomic E-state index is 6.13. The Balaban J connectivity index is 1.46. The molecule has 27 heavy (non-hydrogen) atoms. The van der Waals surface area contributed by atoms with E-state index in [0.717, 1.165) is 42.2 Å². The Morgan fingerprint density at radius 2 is 2.26 bits per heavy atom. The standard InChI is InChI=1S/C20H24ClN5O/c1-14-5-3-9-26(12-14)10-4-8-22-19-17-18(15-6-2-7-16(21)11-15)25-27-20(17)24-13-23-19/h2,6-7,11,13-14H,3-5,8-10,12H2,1H3,(H,22,23,24)/t14-/m1/s1. The molecule has 6 nitrogen and oxygen atoms in total. The molecule has 1 aliphatic rings. The fraction of sp³-hybridized carbons (Fsp3) is 0.450. The molecular formula is C20H24ClN5O. The number of benzene rings is 1. The first-order chi connectivity index (χ1) is 13.2. The Bertz CT molecular complexity index is 912. The lowest BCUT2D eigenvalue weighted by Gasteiger charge is -2.30. The van der Waals surface area contributed by atoms with Crippen molar-refractivity contribution in [3.63, 3.8) is 0 Å². The summed E-state index contributed by atoms with van der Waals surface area (Å²) in [5.74, 6) is 1.56. The van der Waals surface area contributed by atoms with Crippen LogP contribution in [0.1, 0.15) is 26.2 Å². The highest BCUT2D eigenvalue weighted by molar-refractivity contribution is 6.30. The number of hydrogen-bond acceptors (Lipinski definition) is 6. The topological polar surface area (TPSA) is 67.1 Å². The monoisotopic (exact) mass is 385 g/mol. The predicted octanol–water partition coefficient (Wildman–Crippen LogP) is 4.47. The van der Waals surface area contributed by atoms with Gasteiger partial charge >= 0.3 is 0 Å². The number of likely N-dealkylation sites (tertiary alicyclic amines) is 1. The number of halogens is 1. The van der Waals surface area contributed by atoms with Crippen LogP contribution in [0.25, 0.3) is 22.4 Å². The maximum absolute atomic E-state index is 6.13. The van der Waals surface area contributed by atoms with Crippen molar-refractivity contribution in [2.45, 2.75) is 26.2 Å². The molecule has 2 aromatic heterocycles. The molecule has 0 amide bonds. The van der Waals surface area contributed by atoms with Crippen molar-refractivity contribution in [1.29, 1.82) is 0 Å². The number of piperidine rings is 1. The highest BCUT2D eigenvalue weighted by atomic mass is 35.5. The fourth-order valence-electron chi connectivity index (χ4n) is 3.75. The summed E-state index contributed by atoms with van der Waals surface area (Å²) in [4.78, 5) is 11.2. The van der Waals surface area contributed by atoms with E-state index in [1.165, 1.54) is 32.3 Å². The Kier molecular flexibility index (Phi) is 5.55. The molecule has 3 heterocycles. The summed E-state index contributed by atoms with van der Waals surface area (Å²) >= 11 is 6.13. The van der Waals surface area contributed by atoms with E-state index >= 15 is 0 Å². The van der Waals surface area contributed by atoms with Gasteiger partial charge in [0.25, 0.3) is 5.71 Å². The molecule has 0 unspecified atom stereocenters. The molecule has 1 saturated heterocycles. The Labute approximate surface area is 163 Å². The van der Waals surface area contributed by atoms with Gasteiger partial charge in [-0.25, -0.2) is 4.98 Å². The normalized spacial score (nSPS) is 18.1. The first-order valence-electron chi connectivity index (χ1n) is 9.53. The lowest BCUT2D eigenvalue weighted by Crippen LogP contribution is -2.35. The minimum Gasteiger partial charge on any atom is -0.369 e. The van der Waals surface area contributed by atoms with Gasteiger partial charge in [0, 0.05) is 23.7 Å². The molecule has 0 radical (unpaired) electrons. The van der Waals surface area contributed by atoms with Crippen molar-refractivity contribution in [3.8, 4) is 11.3 Å². The molecule has 1 atom stereocenters. The van der Waals surface area contributed by atoms with Gasteiger partial charge in [-0.2, -0.15) is 4.98 Å². The minimum atomic E-state index is 0.479. The van der Waals surface area contributed by atoms with E-state index in [4.69, 9.17) is 16.1 Å². The second kappa shape index (κ2) is 8.23. The molecule has 3 aromatic rings. The van der Waals surface area contributed by atoms with Crippen LogP contribution >= 0.6 is 11.6 Å². The zero-order valence-electron chi connectivity index (χ0n) is 15.5. The van der Waals surface area contributed by atoms with Crippen molar-refractivity contribution < 1.29 is 4.52 Å². The van der Waals surface area contributed by atoms with Crippen LogP contribution in [0.3, 0.4) is 0 Å². The largest absolute Gasteiger partial charge is 0.369 e. The van der Waals surface area contributed by atoms with Gasteiger partial charge in [0.1, 0.15) is 23.2 Å². The summed E-state index contributed by atoms with van der Waals surface area (Å²) in [5, 5.41) is 9.09. The van der Waals surface area contributed by atoms with Crippen molar-refractivity contribution >= 4 is 28.5 Å². The Morgan fingerprint density at radius 3 is 3.11 bits per heavy atom. The number of nitrogens with zero attached hydrogens (tertiary/aromatic N) is 4. The molecule has 4 rings (SSSR count). The smallest absolute Gasteiger partial charge is 0.263 e. The molecule has 7 heteroatoms. The Hall–Kier alpha value is -2.18. The second-order valence-corrected chi connectivity index (χ2v) is 7.71. The van der Waals surface area contributed by atoms with Crippen LogP contribution in [0.4, 0.5) is 5.82 Å². The number of aromatic nitrogens is 3. The molecule has 0 saturated carbocycles. The molecule has 142 valence electrons. The van der Waals surface area contributed by atoms with E-state index in [1.54, 1.807) is 0 Å². The van der Waals surface area contributed by atoms with E-state index in [2.05, 4.69) is 32.3 Å². The van der Waals surface area contributed by atoms with Crippen LogP contribution in [0.5, 0.6) is 0 Å². The van der Waals surface area contributed by atoms with Gasteiger partial charge in [-0.1, -0.05) is 35.8 Å². The average Bonchev–Trinajstić information content (AvgIpc) is 3.10. The van der Waals surface area contributed by atoms with E-state index in [-0.39, 0.29) is 0 Å². The number of rotatable bonds is 6. The summed E-state index contributed by atoms with van der Waals surface area (Å²) in [6.07, 6.45) is 5.23. The van der Waals surface area contributed by atoms with Crippen LogP contribution in [0.2, 0.25) is 5.02 Å². The quantitative estimate of drug-likeness (QED) is 0.631. The summed E-state index contributed by atoms with van der Waals surface area (Å²) < 4.78 is 5.40. The van der Waals surface area contributed by atoms with Crippen molar-refractivity contribution in [3.05, 3.63) is 35.6 Å². The molecule has 0 aliphatic carbocycles. The molecule has 1 aliphatic heterocycles. The molecular weight excluding hydrogens is 362 g/mol. The summed E-state index contributed by atoms with van der Waals surface area (Å²) in [6.45, 7) is 6.72. The maximum Gasteiger partial charge on any atom is 0.263 e. The van der Waals surface area contributed by atoms with Crippen LogP contribution in [-0.2, 0) is 0 Å². The van der Waals surface area contributed by atoms with Gasteiger partial charge in [0.05, 0.1) is 0 Å². The number of hydrogen-bond donors (Lipinski definition) is 1. The fourth-order valence-corrected chi connectivity index (χ4v) is 3.94. The van der Waals surface area contributed by atoms with Gasteiger partial charge in [0.15, 0.2) is 0 Å². The number of nitrogens with one attached hydrogen (secondary N) is 1. The van der Waals surface area contributed by atoms with Gasteiger partial charge in [-0.3, -0.25) is 0 Å². The second-order valence-electron chi connectivity index (χ2n) is 7.27. The van der Waals surface area contributed by atoms with E-state index in [1.807, 2.05) is 24.3 Å². The van der Waals surface area contributed by atoms with Crippen LogP contribution < -0.4 is 5.32 Å². The van der Waals surface area contributed by atoms with Crippen LogP contribution in [0.15, 0.2) is 35.1 Å². The van der Waals surface area contributed by atoms with E-state index in [0.29, 0.717) is 16.4 Å². The predicted molar refractivity (Wildman–Crippen MR) is 108 cm³/mol. The third kappa shape index (κ3) is 4.22. The van der Waals surface area contributed by atoms with Gasteiger partial charge in [-0.15, -0.1) is 0 Å². The van der Waals surface area contributed by atoms with Crippen molar-refractivity contribution in [2.75, 3.05) is 31.5 Å². The zero-order chi connectivity index (χ0) is 18.6. The van der Waals surface area contributed by atoms with Gasteiger partial charge in [-0.05, 0) is 50.4 Å². The minimum absolute atomic E-state index is 0.479. The number of anilines is 1. The average molecular weight is 386 g/mol. The lowest BCUT2D eigenvalue weighted by atomic mass is 10.0. The lowest BCUT2D eigenvalue weighted by molar-refractivity contribution is 0.183. The SMILES string of the molecule is C[C@@H]1CCCN(CCCNc2ncnc3onc(-c4cccc(Cl)c4)c23)C1. The Morgan fingerprint density at radius 1 is 1.33 bits per heavy atom. The third-order valence-electron chi connectivity index (χ3n) is 5.06. The van der Waals surface area contributed by atoms with Gasteiger partial charge < -0.3 is 14.7 Å². The first-order valence-corrected chi connectivity index (χ1v) is 9.91. The number of fused-ring (bicyclic) bond motifs is 1. The van der Waals surface area contributed by atoms with E-state index in [9.17, 15) is 0 Å². The first kappa shape index (κ1) is 18.2. The van der Waals surface area contributed by atoms with Gasteiger partial charge in [0.2, 0.25) is 0 Å². The summed E-state index contributed by atoms with van der Waals surface area (Å²) in [5.41, 5.74) is 2.08. The zero-order valence-corrected chi connectivity index (χ0v) is 16.2. The van der Waals surface area contributed by atoms with Crippen molar-refractivity contribution in [1.82, 2.24) is 20.0 Å². The highest BCUT2D eigenvalue weighted by Crippen LogP contribution is 2.32.